The molecule has 4 nitrogen and oxygen atoms in total. The average Bonchev–Trinajstić information content (AvgIpc) is 2.41. The van der Waals surface area contributed by atoms with Gasteiger partial charge in [0, 0.05) is 11.2 Å². The Morgan fingerprint density at radius 2 is 2.21 bits per heavy atom. The Balaban J connectivity index is 2.25. The van der Waals surface area contributed by atoms with Crippen LogP contribution in [0.25, 0.3) is 0 Å². The summed E-state index contributed by atoms with van der Waals surface area (Å²) < 4.78 is 12.2. The number of halogens is 1. The number of hydrogen-bond donors (Lipinski definition) is 1. The van der Waals surface area contributed by atoms with Crippen LogP contribution in [0.3, 0.4) is 0 Å². The van der Waals surface area contributed by atoms with Crippen molar-refractivity contribution in [2.75, 3.05) is 5.73 Å². The van der Waals surface area contributed by atoms with Crippen LogP contribution in [0.1, 0.15) is 11.1 Å². The molecule has 1 unspecified atom stereocenters. The van der Waals surface area contributed by atoms with E-state index in [1.807, 2.05) is 6.07 Å². The summed E-state index contributed by atoms with van der Waals surface area (Å²) in [5, 5.41) is 9.52. The van der Waals surface area contributed by atoms with Gasteiger partial charge in [0.05, 0.1) is 33.9 Å². The fraction of sp³-hybridized carbons (Fsp3) is 0.0769. The molecule has 2 N–H and O–H groups in total. The SMILES string of the molecule is N#Cc1ccc(CS(=O)c2ncccc2N)c(Cl)c1. The van der Waals surface area contributed by atoms with E-state index in [0.29, 0.717) is 26.9 Å². The van der Waals surface area contributed by atoms with Gasteiger partial charge < -0.3 is 5.73 Å². The molecule has 19 heavy (non-hydrogen) atoms. The zero-order chi connectivity index (χ0) is 13.8. The molecule has 0 saturated heterocycles. The van der Waals surface area contributed by atoms with Crippen LogP contribution in [0.15, 0.2) is 41.6 Å². The molecule has 1 heterocycles. The largest absolute Gasteiger partial charge is 0.396 e. The van der Waals surface area contributed by atoms with E-state index in [1.165, 1.54) is 0 Å². The number of rotatable bonds is 3. The van der Waals surface area contributed by atoms with Crippen LogP contribution in [0, 0.1) is 11.3 Å². The van der Waals surface area contributed by atoms with E-state index in [9.17, 15) is 4.21 Å². The van der Waals surface area contributed by atoms with Crippen molar-refractivity contribution >= 4 is 28.1 Å². The molecule has 0 saturated carbocycles. The molecule has 2 aromatic rings. The van der Waals surface area contributed by atoms with Crippen LogP contribution in [0.4, 0.5) is 5.69 Å². The molecule has 1 atom stereocenters. The highest BCUT2D eigenvalue weighted by Crippen LogP contribution is 2.22. The first-order valence-electron chi connectivity index (χ1n) is 5.39. The highest BCUT2D eigenvalue weighted by molar-refractivity contribution is 7.84. The molecule has 0 bridgehead atoms. The standard InChI is InChI=1S/C13H10ClN3OS/c14-11-6-9(7-15)3-4-10(11)8-19(18)13-12(16)2-1-5-17-13/h1-6H,8,16H2. The fourth-order valence-corrected chi connectivity index (χ4v) is 3.04. The van der Waals surface area contributed by atoms with Crippen molar-refractivity contribution in [3.63, 3.8) is 0 Å². The fourth-order valence-electron chi connectivity index (χ4n) is 1.54. The van der Waals surface area contributed by atoms with Crippen LogP contribution < -0.4 is 5.73 Å². The van der Waals surface area contributed by atoms with Crippen LogP contribution in [0.2, 0.25) is 5.02 Å². The lowest BCUT2D eigenvalue weighted by atomic mass is 10.2. The maximum absolute atomic E-state index is 12.2. The smallest absolute Gasteiger partial charge is 0.150 e. The zero-order valence-corrected chi connectivity index (χ0v) is 11.4. The molecule has 0 fully saturated rings. The lowest BCUT2D eigenvalue weighted by Gasteiger charge is -2.06. The Labute approximate surface area is 118 Å². The number of benzene rings is 1. The van der Waals surface area contributed by atoms with Crippen molar-refractivity contribution < 1.29 is 4.21 Å². The number of pyridine rings is 1. The molecule has 0 amide bonds. The van der Waals surface area contributed by atoms with Crippen LogP contribution >= 0.6 is 11.6 Å². The number of nitrogens with zero attached hydrogens (tertiary/aromatic N) is 2. The number of hydrogen-bond acceptors (Lipinski definition) is 4. The minimum absolute atomic E-state index is 0.214. The molecule has 0 radical (unpaired) electrons. The van der Waals surface area contributed by atoms with E-state index in [0.717, 1.165) is 0 Å². The van der Waals surface area contributed by atoms with Gasteiger partial charge in [0.25, 0.3) is 0 Å². The minimum Gasteiger partial charge on any atom is -0.396 e. The summed E-state index contributed by atoms with van der Waals surface area (Å²) in [5.41, 5.74) is 7.29. The summed E-state index contributed by atoms with van der Waals surface area (Å²) in [6.45, 7) is 0. The number of anilines is 1. The maximum atomic E-state index is 12.2. The molecular formula is C13H10ClN3OS. The predicted octanol–water partition coefficient (Wildman–Crippen LogP) is 2.50. The van der Waals surface area contributed by atoms with Gasteiger partial charge in [0.2, 0.25) is 0 Å². The first-order chi connectivity index (χ1) is 9.11. The van der Waals surface area contributed by atoms with Gasteiger partial charge in [-0.2, -0.15) is 5.26 Å². The van der Waals surface area contributed by atoms with E-state index in [4.69, 9.17) is 22.6 Å². The molecular weight excluding hydrogens is 282 g/mol. The van der Waals surface area contributed by atoms with Crippen LogP contribution in [-0.2, 0) is 16.6 Å². The second kappa shape index (κ2) is 5.83. The molecule has 96 valence electrons. The van der Waals surface area contributed by atoms with E-state index in [-0.39, 0.29) is 5.75 Å². The molecule has 0 aliphatic carbocycles. The summed E-state index contributed by atoms with van der Waals surface area (Å²) in [7, 11) is -1.37. The third kappa shape index (κ3) is 3.11. The van der Waals surface area contributed by atoms with Gasteiger partial charge in [-0.05, 0) is 29.8 Å². The Hall–Kier alpha value is -1.90. The van der Waals surface area contributed by atoms with E-state index >= 15 is 0 Å². The van der Waals surface area contributed by atoms with Crippen molar-refractivity contribution in [2.45, 2.75) is 10.8 Å². The summed E-state index contributed by atoms with van der Waals surface area (Å²) in [6.07, 6.45) is 1.55. The van der Waals surface area contributed by atoms with Crippen molar-refractivity contribution in [2.24, 2.45) is 0 Å². The second-order valence-electron chi connectivity index (χ2n) is 3.81. The van der Waals surface area contributed by atoms with E-state index in [1.54, 1.807) is 36.5 Å². The molecule has 6 heteroatoms. The summed E-state index contributed by atoms with van der Waals surface area (Å²) >= 11 is 6.04. The number of aromatic nitrogens is 1. The van der Waals surface area contributed by atoms with E-state index < -0.39 is 10.8 Å². The topological polar surface area (TPSA) is 79.8 Å². The Morgan fingerprint density at radius 3 is 2.84 bits per heavy atom. The van der Waals surface area contributed by atoms with E-state index in [2.05, 4.69) is 4.98 Å². The molecule has 0 spiro atoms. The Bertz CT molecular complexity index is 682. The average molecular weight is 292 g/mol. The lowest BCUT2D eigenvalue weighted by Crippen LogP contribution is -2.03. The molecule has 0 aliphatic heterocycles. The lowest BCUT2D eigenvalue weighted by molar-refractivity contribution is 0.680. The van der Waals surface area contributed by atoms with Gasteiger partial charge in [0.15, 0.2) is 0 Å². The van der Waals surface area contributed by atoms with Gasteiger partial charge in [-0.3, -0.25) is 4.21 Å². The highest BCUT2D eigenvalue weighted by atomic mass is 35.5. The third-order valence-electron chi connectivity index (χ3n) is 2.49. The first-order valence-corrected chi connectivity index (χ1v) is 7.09. The quantitative estimate of drug-likeness (QED) is 0.942. The summed E-state index contributed by atoms with van der Waals surface area (Å²) in [6, 6.07) is 10.2. The van der Waals surface area contributed by atoms with Crippen LogP contribution in [-0.4, -0.2) is 9.19 Å². The van der Waals surface area contributed by atoms with Gasteiger partial charge in [-0.25, -0.2) is 4.98 Å². The summed E-state index contributed by atoms with van der Waals surface area (Å²) in [4.78, 5) is 4.02. The van der Waals surface area contributed by atoms with Crippen molar-refractivity contribution in [1.29, 1.82) is 5.26 Å². The molecule has 1 aromatic heterocycles. The van der Waals surface area contributed by atoms with Crippen molar-refractivity contribution in [3.05, 3.63) is 52.7 Å². The maximum Gasteiger partial charge on any atom is 0.150 e. The molecule has 2 rings (SSSR count). The first kappa shape index (κ1) is 13.5. The van der Waals surface area contributed by atoms with Gasteiger partial charge in [-0.15, -0.1) is 0 Å². The van der Waals surface area contributed by atoms with Gasteiger partial charge in [0.1, 0.15) is 5.03 Å². The predicted molar refractivity (Wildman–Crippen MR) is 74.9 cm³/mol. The van der Waals surface area contributed by atoms with Gasteiger partial charge >= 0.3 is 0 Å². The molecule has 0 aliphatic rings. The third-order valence-corrected chi connectivity index (χ3v) is 4.18. The summed E-state index contributed by atoms with van der Waals surface area (Å²) in [5.74, 6) is 0.214. The van der Waals surface area contributed by atoms with Crippen molar-refractivity contribution in [3.8, 4) is 6.07 Å². The van der Waals surface area contributed by atoms with Gasteiger partial charge in [-0.1, -0.05) is 17.7 Å². The number of nitrogen functional groups attached to an aromatic ring is 1. The Kier molecular flexibility index (Phi) is 4.15. The monoisotopic (exact) mass is 291 g/mol. The number of nitrogens with two attached hydrogens (primary N) is 1. The number of nitriles is 1. The normalized spacial score (nSPS) is 11.8. The Morgan fingerprint density at radius 1 is 1.42 bits per heavy atom. The zero-order valence-electron chi connectivity index (χ0n) is 9.84. The minimum atomic E-state index is -1.37. The molecule has 1 aromatic carbocycles. The van der Waals surface area contributed by atoms with Crippen molar-refractivity contribution in [1.82, 2.24) is 4.98 Å². The highest BCUT2D eigenvalue weighted by Gasteiger charge is 2.12. The second-order valence-corrected chi connectivity index (χ2v) is 5.58. The van der Waals surface area contributed by atoms with Crippen LogP contribution in [0.5, 0.6) is 0 Å².